The van der Waals surface area contributed by atoms with Crippen molar-refractivity contribution in [1.29, 1.82) is 0 Å². The first-order valence-corrected chi connectivity index (χ1v) is 21.0. The van der Waals surface area contributed by atoms with E-state index in [0.717, 1.165) is 0 Å². The average Bonchev–Trinajstić information content (AvgIpc) is 3.88. The van der Waals surface area contributed by atoms with Gasteiger partial charge in [0.1, 0.15) is 5.37 Å². The Kier molecular flexibility index (Phi) is 7.51. The number of anilines is 1. The Morgan fingerprint density at radius 3 is 1.78 bits per heavy atom. The fourth-order valence-corrected chi connectivity index (χ4v) is 11.2. The highest BCUT2D eigenvalue weighted by Crippen LogP contribution is 2.58. The zero-order valence-corrected chi connectivity index (χ0v) is 32.5. The Morgan fingerprint density at radius 2 is 1.00 bits per heavy atom. The zero-order chi connectivity index (χ0) is 38.2. The van der Waals surface area contributed by atoms with Crippen molar-refractivity contribution >= 4 is 49.8 Å². The molecule has 0 saturated carbocycles. The topological polar surface area (TPSA) is 12.0 Å². The third-order valence-electron chi connectivity index (χ3n) is 12.5. The van der Waals surface area contributed by atoms with Crippen molar-refractivity contribution < 1.29 is 0 Å². The molecule has 10 aromatic carbocycles. The second kappa shape index (κ2) is 13.1. The lowest BCUT2D eigenvalue weighted by molar-refractivity contribution is 0.769. The van der Waals surface area contributed by atoms with Crippen LogP contribution in [0.5, 0.6) is 0 Å². The van der Waals surface area contributed by atoms with Crippen LogP contribution >= 0.6 is 11.8 Å². The highest BCUT2D eigenvalue weighted by molar-refractivity contribution is 8.00. The minimum Gasteiger partial charge on any atom is -0.368 e. The van der Waals surface area contributed by atoms with E-state index in [1.54, 1.807) is 0 Å². The van der Waals surface area contributed by atoms with E-state index in [1.165, 1.54) is 104 Å². The molecule has 0 radical (unpaired) electrons. The van der Waals surface area contributed by atoms with E-state index in [0.29, 0.717) is 0 Å². The van der Waals surface area contributed by atoms with E-state index in [2.05, 4.69) is 218 Å². The number of hydrogen-bond donors (Lipinski definition) is 1. The van der Waals surface area contributed by atoms with Gasteiger partial charge in [-0.25, -0.2) is 0 Å². The van der Waals surface area contributed by atoms with Crippen LogP contribution < -0.4 is 5.32 Å². The summed E-state index contributed by atoms with van der Waals surface area (Å²) in [4.78, 5) is 1.33. The summed E-state index contributed by atoms with van der Waals surface area (Å²) in [5.74, 6) is 0. The van der Waals surface area contributed by atoms with Gasteiger partial charge in [-0.15, -0.1) is 0 Å². The van der Waals surface area contributed by atoms with Gasteiger partial charge in [-0.2, -0.15) is 0 Å². The van der Waals surface area contributed by atoms with Gasteiger partial charge in [0.2, 0.25) is 0 Å². The summed E-state index contributed by atoms with van der Waals surface area (Å²) in [5.41, 5.74) is 14.7. The molecule has 0 amide bonds. The smallest absolute Gasteiger partial charge is 0.103 e. The van der Waals surface area contributed by atoms with Crippen molar-refractivity contribution in [2.75, 3.05) is 5.32 Å². The number of thioether (sulfide) groups is 1. The largest absolute Gasteiger partial charge is 0.368 e. The molecule has 10 aromatic rings. The third-order valence-corrected chi connectivity index (χ3v) is 13.8. The first kappa shape index (κ1) is 33.3. The van der Waals surface area contributed by atoms with Gasteiger partial charge < -0.3 is 5.32 Å². The molecule has 58 heavy (non-hydrogen) atoms. The van der Waals surface area contributed by atoms with Crippen LogP contribution in [0.4, 0.5) is 5.69 Å². The average molecular weight is 756 g/mol. The maximum Gasteiger partial charge on any atom is 0.103 e. The molecule has 0 spiro atoms. The first-order valence-electron chi connectivity index (χ1n) is 20.1. The highest BCUT2D eigenvalue weighted by atomic mass is 32.2. The molecule has 1 aliphatic heterocycles. The normalized spacial score (nSPS) is 14.9. The summed E-state index contributed by atoms with van der Waals surface area (Å²) in [5, 5.41) is 11.7. The molecule has 272 valence electrons. The first-order chi connectivity index (χ1) is 28.7. The molecule has 12 rings (SSSR count). The van der Waals surface area contributed by atoms with Crippen LogP contribution in [-0.2, 0) is 5.41 Å². The van der Waals surface area contributed by atoms with E-state index in [9.17, 15) is 0 Å². The Labute approximate surface area is 342 Å². The molecule has 1 aliphatic carbocycles. The molecule has 1 unspecified atom stereocenters. The lowest BCUT2D eigenvalue weighted by Gasteiger charge is -2.34. The van der Waals surface area contributed by atoms with Crippen molar-refractivity contribution in [2.45, 2.75) is 15.7 Å². The Bertz CT molecular complexity index is 3190. The van der Waals surface area contributed by atoms with E-state index in [4.69, 9.17) is 0 Å². The molecular formula is C56H37NS. The van der Waals surface area contributed by atoms with Crippen LogP contribution in [0.1, 0.15) is 33.2 Å². The summed E-state index contributed by atoms with van der Waals surface area (Å²) in [6, 6.07) is 78.9. The minimum atomic E-state index is -0.475. The van der Waals surface area contributed by atoms with Crippen molar-refractivity contribution in [1.82, 2.24) is 0 Å². The number of nitrogens with one attached hydrogen (secondary N) is 1. The molecular weight excluding hydrogens is 719 g/mol. The molecule has 2 aliphatic rings. The van der Waals surface area contributed by atoms with E-state index >= 15 is 0 Å². The zero-order valence-electron chi connectivity index (χ0n) is 31.7. The molecule has 1 heterocycles. The van der Waals surface area contributed by atoms with Crippen LogP contribution in [0.3, 0.4) is 0 Å². The van der Waals surface area contributed by atoms with E-state index in [-0.39, 0.29) is 5.37 Å². The van der Waals surface area contributed by atoms with Crippen molar-refractivity contribution in [3.63, 3.8) is 0 Å². The highest BCUT2D eigenvalue weighted by Gasteiger charge is 2.46. The molecule has 0 saturated heterocycles. The number of fused-ring (bicyclic) bond motifs is 10. The molecule has 1 nitrogen and oxygen atoms in total. The predicted octanol–water partition coefficient (Wildman–Crippen LogP) is 15.1. The number of rotatable bonds is 5. The van der Waals surface area contributed by atoms with Gasteiger partial charge in [-0.05, 0) is 112 Å². The van der Waals surface area contributed by atoms with Crippen LogP contribution in [-0.4, -0.2) is 0 Å². The van der Waals surface area contributed by atoms with Crippen LogP contribution in [0.25, 0.3) is 65.7 Å². The van der Waals surface area contributed by atoms with Crippen molar-refractivity contribution in [3.8, 4) is 33.4 Å². The lowest BCUT2D eigenvalue weighted by atomic mass is 9.67. The second-order valence-corrected chi connectivity index (χ2v) is 16.7. The molecule has 1 atom stereocenters. The molecule has 0 bridgehead atoms. The van der Waals surface area contributed by atoms with Gasteiger partial charge >= 0.3 is 0 Å². The van der Waals surface area contributed by atoms with Gasteiger partial charge in [-0.1, -0.05) is 200 Å². The maximum atomic E-state index is 3.80. The molecule has 0 aromatic heterocycles. The molecule has 1 N–H and O–H groups in total. The predicted molar refractivity (Wildman–Crippen MR) is 246 cm³/mol. The number of hydrogen-bond acceptors (Lipinski definition) is 2. The SMILES string of the molecule is c1ccc(C2Nc3ccc4ccc5ccc(-c6cccc(-c7ccc8c(c7)C(c7ccccc7)(c7ccccc7)c7ccc9ccccc9c7-8)c6)cc5c4c3S2)cc1. The summed E-state index contributed by atoms with van der Waals surface area (Å²) in [7, 11) is 0. The standard InChI is InChI=1S/C56H37NS/c1-4-14-39(15-5-1)55-57-51-32-29-38-25-23-37-24-26-42(34-48(37)52(38)54(51)58-55)40-16-12-17-41(33-40)43-27-30-47-50(35-43)56(44-18-6-2-7-19-44,45-20-8-3-9-21-45)49-31-28-36-13-10-11-22-46(36)53(47)49/h1-35,55,57H. The second-order valence-electron chi connectivity index (χ2n) is 15.6. The van der Waals surface area contributed by atoms with Crippen LogP contribution in [0, 0.1) is 0 Å². The lowest BCUT2D eigenvalue weighted by Crippen LogP contribution is -2.28. The minimum absolute atomic E-state index is 0.193. The van der Waals surface area contributed by atoms with Crippen LogP contribution in [0.15, 0.2) is 217 Å². The summed E-state index contributed by atoms with van der Waals surface area (Å²) >= 11 is 1.93. The Balaban J connectivity index is 1.02. The summed E-state index contributed by atoms with van der Waals surface area (Å²) < 4.78 is 0. The maximum absolute atomic E-state index is 3.80. The fourth-order valence-electron chi connectivity index (χ4n) is 9.91. The van der Waals surface area contributed by atoms with E-state index in [1.807, 2.05) is 11.8 Å². The number of benzene rings is 10. The molecule has 0 fully saturated rings. The fraction of sp³-hybridized carbons (Fsp3) is 0.0357. The van der Waals surface area contributed by atoms with Gasteiger partial charge in [0, 0.05) is 16.0 Å². The van der Waals surface area contributed by atoms with Gasteiger partial charge in [0.15, 0.2) is 0 Å². The Morgan fingerprint density at radius 1 is 0.414 bits per heavy atom. The Hall–Kier alpha value is -6.87. The molecule has 2 heteroatoms. The monoisotopic (exact) mass is 755 g/mol. The van der Waals surface area contributed by atoms with Gasteiger partial charge in [0.25, 0.3) is 0 Å². The van der Waals surface area contributed by atoms with E-state index < -0.39 is 5.41 Å². The van der Waals surface area contributed by atoms with Gasteiger partial charge in [0.05, 0.1) is 5.41 Å². The van der Waals surface area contributed by atoms with Crippen molar-refractivity contribution in [2.24, 2.45) is 0 Å². The summed E-state index contributed by atoms with van der Waals surface area (Å²) in [6.07, 6.45) is 0. The van der Waals surface area contributed by atoms with Gasteiger partial charge in [-0.3, -0.25) is 0 Å². The van der Waals surface area contributed by atoms with Crippen molar-refractivity contribution in [3.05, 3.63) is 240 Å². The third kappa shape index (κ3) is 4.98. The summed E-state index contributed by atoms with van der Waals surface area (Å²) in [6.45, 7) is 0. The van der Waals surface area contributed by atoms with Crippen LogP contribution in [0.2, 0.25) is 0 Å². The quantitative estimate of drug-likeness (QED) is 0.176.